The van der Waals surface area contributed by atoms with Crippen LogP contribution in [0.25, 0.3) is 0 Å². The lowest BCUT2D eigenvalue weighted by Crippen LogP contribution is -2.36. The highest BCUT2D eigenvalue weighted by Gasteiger charge is 2.23. The molecule has 1 fully saturated rings. The Kier molecular flexibility index (Phi) is 5.33. The Morgan fingerprint density at radius 3 is 2.40 bits per heavy atom. The van der Waals surface area contributed by atoms with Crippen LogP contribution in [0.2, 0.25) is 0 Å². The van der Waals surface area contributed by atoms with Gasteiger partial charge in [0.05, 0.1) is 0 Å². The zero-order valence-corrected chi connectivity index (χ0v) is 15.0. The maximum absolute atomic E-state index is 13.4. The van der Waals surface area contributed by atoms with E-state index in [2.05, 4.69) is 36.1 Å². The maximum Gasteiger partial charge on any atom is 0.130 e. The molecule has 1 saturated carbocycles. The fraction of sp³-hybridized carbons (Fsp3) is 0.450. The molecule has 1 aliphatic rings. The molecule has 0 saturated heterocycles. The quantitative estimate of drug-likeness (QED) is 0.779. The lowest BCUT2D eigenvalue weighted by molar-refractivity contribution is 0.152. The molecule has 0 bridgehead atoms. The summed E-state index contributed by atoms with van der Waals surface area (Å²) in [7, 11) is 2.16. The van der Waals surface area contributed by atoms with E-state index in [1.807, 2.05) is 12.3 Å². The van der Waals surface area contributed by atoms with E-state index < -0.39 is 11.6 Å². The Morgan fingerprint density at radius 2 is 1.84 bits per heavy atom. The number of aromatic nitrogens is 1. The fourth-order valence-corrected chi connectivity index (χ4v) is 3.24. The molecule has 1 N–H and O–H groups in total. The average Bonchev–Trinajstić information content (AvgIpc) is 2.45. The van der Waals surface area contributed by atoms with Gasteiger partial charge in [-0.2, -0.15) is 0 Å². The average molecular weight is 345 g/mol. The van der Waals surface area contributed by atoms with Gasteiger partial charge in [-0.05, 0) is 55.1 Å². The zero-order valence-electron chi connectivity index (χ0n) is 15.0. The van der Waals surface area contributed by atoms with E-state index >= 15 is 0 Å². The van der Waals surface area contributed by atoms with Gasteiger partial charge in [0.1, 0.15) is 17.5 Å². The van der Waals surface area contributed by atoms with Crippen molar-refractivity contribution in [1.82, 2.24) is 9.88 Å². The van der Waals surface area contributed by atoms with Crippen molar-refractivity contribution in [1.29, 1.82) is 0 Å². The van der Waals surface area contributed by atoms with Crippen LogP contribution in [0.3, 0.4) is 0 Å². The highest BCUT2D eigenvalue weighted by molar-refractivity contribution is 5.57. The Morgan fingerprint density at radius 1 is 1.16 bits per heavy atom. The first kappa shape index (κ1) is 17.8. The third-order valence-electron chi connectivity index (χ3n) is 4.90. The van der Waals surface area contributed by atoms with Crippen LogP contribution in [-0.4, -0.2) is 23.0 Å². The van der Waals surface area contributed by atoms with Crippen molar-refractivity contribution in [3.63, 3.8) is 0 Å². The van der Waals surface area contributed by atoms with Crippen molar-refractivity contribution in [2.45, 2.75) is 51.6 Å². The number of pyridine rings is 1. The second-order valence-corrected chi connectivity index (χ2v) is 7.21. The third-order valence-corrected chi connectivity index (χ3v) is 4.90. The largest absolute Gasteiger partial charge is 0.340 e. The van der Waals surface area contributed by atoms with Crippen LogP contribution < -0.4 is 5.32 Å². The van der Waals surface area contributed by atoms with Crippen molar-refractivity contribution in [2.75, 3.05) is 12.4 Å². The van der Waals surface area contributed by atoms with Gasteiger partial charge in [0.25, 0.3) is 0 Å². The first-order valence-corrected chi connectivity index (χ1v) is 8.84. The van der Waals surface area contributed by atoms with Crippen LogP contribution in [0.5, 0.6) is 0 Å². The first-order chi connectivity index (χ1) is 11.9. The summed E-state index contributed by atoms with van der Waals surface area (Å²) in [6.45, 7) is 5.17. The lowest BCUT2D eigenvalue weighted by atomic mass is 9.91. The zero-order chi connectivity index (χ0) is 18.0. The molecule has 0 atom stereocenters. The number of rotatable bonds is 6. The van der Waals surface area contributed by atoms with E-state index in [9.17, 15) is 8.78 Å². The number of anilines is 2. The molecule has 5 heteroatoms. The summed E-state index contributed by atoms with van der Waals surface area (Å²) >= 11 is 0. The van der Waals surface area contributed by atoms with Crippen molar-refractivity contribution in [3.05, 3.63) is 53.2 Å². The standard InChI is InChI=1S/C20H25F2N3/c1-13(2)19-10-20(24-17-8-15(21)7-16(22)9-17)23-11-14(19)12-25(3)18-5-4-6-18/h7-11,13,18H,4-6,12H2,1-3H3,(H,23,24). The van der Waals surface area contributed by atoms with Gasteiger partial charge in [-0.15, -0.1) is 0 Å². The van der Waals surface area contributed by atoms with Gasteiger partial charge in [-0.3, -0.25) is 4.90 Å². The van der Waals surface area contributed by atoms with Gasteiger partial charge >= 0.3 is 0 Å². The summed E-state index contributed by atoms with van der Waals surface area (Å²) in [5.74, 6) is -0.267. The number of nitrogens with zero attached hydrogens (tertiary/aromatic N) is 2. The summed E-state index contributed by atoms with van der Waals surface area (Å²) in [5, 5.41) is 3.00. The van der Waals surface area contributed by atoms with Crippen LogP contribution in [0.4, 0.5) is 20.3 Å². The van der Waals surface area contributed by atoms with Gasteiger partial charge in [0.15, 0.2) is 0 Å². The minimum atomic E-state index is -0.606. The molecule has 25 heavy (non-hydrogen) atoms. The topological polar surface area (TPSA) is 28.2 Å². The summed E-state index contributed by atoms with van der Waals surface area (Å²) < 4.78 is 26.7. The number of nitrogens with one attached hydrogen (secondary N) is 1. The molecule has 1 aromatic heterocycles. The molecule has 1 aliphatic carbocycles. The van der Waals surface area contributed by atoms with Crippen molar-refractivity contribution < 1.29 is 8.78 Å². The van der Waals surface area contributed by atoms with E-state index in [-0.39, 0.29) is 0 Å². The fourth-order valence-electron chi connectivity index (χ4n) is 3.24. The van der Waals surface area contributed by atoms with Gasteiger partial charge in [0.2, 0.25) is 0 Å². The predicted octanol–water partition coefficient (Wildman–Crippen LogP) is 5.21. The summed E-state index contributed by atoms with van der Waals surface area (Å²) in [6, 6.07) is 6.04. The van der Waals surface area contributed by atoms with Crippen LogP contribution in [0.1, 0.15) is 50.2 Å². The van der Waals surface area contributed by atoms with E-state index in [0.29, 0.717) is 23.5 Å². The molecule has 2 aromatic rings. The lowest BCUT2D eigenvalue weighted by Gasteiger charge is -2.35. The highest BCUT2D eigenvalue weighted by atomic mass is 19.1. The smallest absolute Gasteiger partial charge is 0.130 e. The van der Waals surface area contributed by atoms with Crippen molar-refractivity contribution in [3.8, 4) is 0 Å². The van der Waals surface area contributed by atoms with Crippen LogP contribution in [-0.2, 0) is 6.54 Å². The Balaban J connectivity index is 1.80. The van der Waals surface area contributed by atoms with E-state index in [0.717, 1.165) is 12.6 Å². The van der Waals surface area contributed by atoms with Crippen molar-refractivity contribution in [2.24, 2.45) is 0 Å². The molecule has 1 aromatic carbocycles. The predicted molar refractivity (Wildman–Crippen MR) is 97.1 cm³/mol. The molecule has 1 heterocycles. The van der Waals surface area contributed by atoms with E-state index in [4.69, 9.17) is 0 Å². The molecular weight excluding hydrogens is 320 g/mol. The molecule has 0 radical (unpaired) electrons. The number of hydrogen-bond donors (Lipinski definition) is 1. The van der Waals surface area contributed by atoms with Crippen LogP contribution in [0.15, 0.2) is 30.5 Å². The summed E-state index contributed by atoms with van der Waals surface area (Å²) in [4.78, 5) is 6.84. The Bertz CT molecular complexity index is 721. The van der Waals surface area contributed by atoms with Crippen molar-refractivity contribution >= 4 is 11.5 Å². The maximum atomic E-state index is 13.4. The number of halogens is 2. The minimum Gasteiger partial charge on any atom is -0.340 e. The van der Waals surface area contributed by atoms with Crippen LogP contribution in [0, 0.1) is 11.6 Å². The summed E-state index contributed by atoms with van der Waals surface area (Å²) in [5.41, 5.74) is 2.78. The Hall–Kier alpha value is -2.01. The molecule has 0 amide bonds. The second-order valence-electron chi connectivity index (χ2n) is 7.21. The number of hydrogen-bond acceptors (Lipinski definition) is 3. The van der Waals surface area contributed by atoms with E-state index in [1.165, 1.54) is 42.5 Å². The second kappa shape index (κ2) is 7.48. The van der Waals surface area contributed by atoms with E-state index in [1.54, 1.807) is 0 Å². The minimum absolute atomic E-state index is 0.345. The molecular formula is C20H25F2N3. The highest BCUT2D eigenvalue weighted by Crippen LogP contribution is 2.28. The van der Waals surface area contributed by atoms with Gasteiger partial charge in [0, 0.05) is 30.5 Å². The third kappa shape index (κ3) is 4.34. The van der Waals surface area contributed by atoms with Gasteiger partial charge < -0.3 is 5.32 Å². The molecule has 3 nitrogen and oxygen atoms in total. The number of benzene rings is 1. The van der Waals surface area contributed by atoms with Crippen LogP contribution >= 0.6 is 0 Å². The van der Waals surface area contributed by atoms with Gasteiger partial charge in [-0.25, -0.2) is 13.8 Å². The normalized spacial score (nSPS) is 14.8. The first-order valence-electron chi connectivity index (χ1n) is 8.84. The molecule has 0 unspecified atom stereocenters. The molecule has 0 aliphatic heterocycles. The van der Waals surface area contributed by atoms with Gasteiger partial charge in [-0.1, -0.05) is 20.3 Å². The Labute approximate surface area is 148 Å². The molecule has 0 spiro atoms. The summed E-state index contributed by atoms with van der Waals surface area (Å²) in [6.07, 6.45) is 5.73. The molecule has 3 rings (SSSR count). The SMILES string of the molecule is CC(C)c1cc(Nc2cc(F)cc(F)c2)ncc1CN(C)C1CCC1. The molecule has 134 valence electrons. The monoisotopic (exact) mass is 345 g/mol.